The molecule has 2 heterocycles. The number of nitro benzene ring substituents is 1. The number of piperazine rings is 1. The molecule has 1 aromatic heterocycles. The molecule has 1 fully saturated rings. The number of benzene rings is 1. The molecule has 0 radical (unpaired) electrons. The van der Waals surface area contributed by atoms with Crippen LogP contribution in [0.4, 0.5) is 5.69 Å². The summed E-state index contributed by atoms with van der Waals surface area (Å²) in [5, 5.41) is 11.0. The van der Waals surface area contributed by atoms with E-state index in [0.29, 0.717) is 0 Å². The standard InChI is InChI=1S/C18H24N4O2/c1-19-11-13-20(14-12-19)9-3-7-16-8-4-10-21(16)17-5-2-6-18(15-17)22(23)24/h2,4-6,8,10,15H,3,7,9,11-14H2,1H3. The summed E-state index contributed by atoms with van der Waals surface area (Å²) in [6, 6.07) is 10.9. The predicted octanol–water partition coefficient (Wildman–Crippen LogP) is 2.57. The van der Waals surface area contributed by atoms with E-state index in [1.165, 1.54) is 11.8 Å². The lowest BCUT2D eigenvalue weighted by molar-refractivity contribution is -0.384. The summed E-state index contributed by atoms with van der Waals surface area (Å²) in [5.41, 5.74) is 2.18. The van der Waals surface area contributed by atoms with Gasteiger partial charge >= 0.3 is 0 Å². The molecular formula is C18H24N4O2. The molecule has 128 valence electrons. The summed E-state index contributed by atoms with van der Waals surface area (Å²) >= 11 is 0. The average Bonchev–Trinajstić information content (AvgIpc) is 3.05. The first-order chi connectivity index (χ1) is 11.6. The Morgan fingerprint density at radius 3 is 2.67 bits per heavy atom. The number of aromatic nitrogens is 1. The Morgan fingerprint density at radius 2 is 1.92 bits per heavy atom. The normalized spacial score (nSPS) is 16.4. The van der Waals surface area contributed by atoms with Crippen molar-refractivity contribution in [3.63, 3.8) is 0 Å². The van der Waals surface area contributed by atoms with E-state index >= 15 is 0 Å². The molecular weight excluding hydrogens is 304 g/mol. The summed E-state index contributed by atoms with van der Waals surface area (Å²) in [6.07, 6.45) is 4.05. The zero-order valence-electron chi connectivity index (χ0n) is 14.1. The second-order valence-electron chi connectivity index (χ2n) is 6.39. The van der Waals surface area contributed by atoms with Gasteiger partial charge in [-0.15, -0.1) is 0 Å². The fraction of sp³-hybridized carbons (Fsp3) is 0.444. The Morgan fingerprint density at radius 1 is 1.12 bits per heavy atom. The number of nitrogens with zero attached hydrogens (tertiary/aromatic N) is 4. The van der Waals surface area contributed by atoms with Gasteiger partial charge in [0.15, 0.2) is 0 Å². The van der Waals surface area contributed by atoms with Crippen LogP contribution in [0.1, 0.15) is 12.1 Å². The van der Waals surface area contributed by atoms with Gasteiger partial charge in [-0.1, -0.05) is 6.07 Å². The van der Waals surface area contributed by atoms with Crippen LogP contribution < -0.4 is 0 Å². The van der Waals surface area contributed by atoms with Gasteiger partial charge < -0.3 is 14.4 Å². The Balaban J connectivity index is 1.61. The van der Waals surface area contributed by atoms with E-state index in [4.69, 9.17) is 0 Å². The number of likely N-dealkylation sites (N-methyl/N-ethyl adjacent to an activating group) is 1. The van der Waals surface area contributed by atoms with Gasteiger partial charge in [0.1, 0.15) is 0 Å². The number of non-ortho nitro benzene ring substituents is 1. The lowest BCUT2D eigenvalue weighted by Gasteiger charge is -2.32. The summed E-state index contributed by atoms with van der Waals surface area (Å²) in [7, 11) is 2.17. The maximum absolute atomic E-state index is 11.0. The van der Waals surface area contributed by atoms with Gasteiger partial charge in [-0.2, -0.15) is 0 Å². The second kappa shape index (κ2) is 7.59. The minimum atomic E-state index is -0.347. The topological polar surface area (TPSA) is 54.5 Å². The minimum Gasteiger partial charge on any atom is -0.321 e. The van der Waals surface area contributed by atoms with E-state index in [0.717, 1.165) is 51.3 Å². The molecule has 0 bridgehead atoms. The Hall–Kier alpha value is -2.18. The summed E-state index contributed by atoms with van der Waals surface area (Å²) < 4.78 is 2.05. The fourth-order valence-electron chi connectivity index (χ4n) is 3.18. The van der Waals surface area contributed by atoms with Crippen LogP contribution in [0.3, 0.4) is 0 Å². The molecule has 0 unspecified atom stereocenters. The van der Waals surface area contributed by atoms with Crippen molar-refractivity contribution >= 4 is 5.69 Å². The van der Waals surface area contributed by atoms with Crippen LogP contribution in [0.15, 0.2) is 42.6 Å². The summed E-state index contributed by atoms with van der Waals surface area (Å²) in [5.74, 6) is 0. The predicted molar refractivity (Wildman–Crippen MR) is 94.7 cm³/mol. The van der Waals surface area contributed by atoms with Crippen LogP contribution in [-0.2, 0) is 6.42 Å². The van der Waals surface area contributed by atoms with Crippen molar-refractivity contribution in [2.75, 3.05) is 39.8 Å². The highest BCUT2D eigenvalue weighted by Gasteiger charge is 2.14. The molecule has 1 aliphatic heterocycles. The van der Waals surface area contributed by atoms with Gasteiger partial charge in [0.2, 0.25) is 0 Å². The smallest absolute Gasteiger partial charge is 0.271 e. The van der Waals surface area contributed by atoms with E-state index in [9.17, 15) is 10.1 Å². The Labute approximate surface area is 142 Å². The first-order valence-electron chi connectivity index (χ1n) is 8.45. The number of hydrogen-bond donors (Lipinski definition) is 0. The molecule has 6 heteroatoms. The third-order valence-electron chi connectivity index (χ3n) is 4.66. The molecule has 1 saturated heterocycles. The third-order valence-corrected chi connectivity index (χ3v) is 4.66. The van der Waals surface area contributed by atoms with Crippen LogP contribution in [0.5, 0.6) is 0 Å². The molecule has 1 aromatic carbocycles. The highest BCUT2D eigenvalue weighted by atomic mass is 16.6. The van der Waals surface area contributed by atoms with Gasteiger partial charge in [-0.25, -0.2) is 0 Å². The fourth-order valence-corrected chi connectivity index (χ4v) is 3.18. The van der Waals surface area contributed by atoms with Gasteiger partial charge in [-0.3, -0.25) is 10.1 Å². The molecule has 2 aromatic rings. The molecule has 1 aliphatic rings. The molecule has 0 atom stereocenters. The van der Waals surface area contributed by atoms with Crippen LogP contribution in [0.2, 0.25) is 0 Å². The monoisotopic (exact) mass is 328 g/mol. The van der Waals surface area contributed by atoms with E-state index in [1.807, 2.05) is 18.3 Å². The maximum atomic E-state index is 11.0. The number of aryl methyl sites for hydroxylation is 1. The molecule has 0 saturated carbocycles. The highest BCUT2D eigenvalue weighted by molar-refractivity contribution is 5.44. The third kappa shape index (κ3) is 4.01. The van der Waals surface area contributed by atoms with Gasteiger partial charge in [-0.05, 0) is 44.6 Å². The summed E-state index contributed by atoms with van der Waals surface area (Å²) in [6.45, 7) is 5.67. The quantitative estimate of drug-likeness (QED) is 0.604. The molecule has 0 aliphatic carbocycles. The van der Waals surface area contributed by atoms with E-state index < -0.39 is 0 Å². The Kier molecular flexibility index (Phi) is 5.27. The van der Waals surface area contributed by atoms with Crippen molar-refractivity contribution in [1.82, 2.24) is 14.4 Å². The molecule has 3 rings (SSSR count). The first-order valence-corrected chi connectivity index (χ1v) is 8.45. The average molecular weight is 328 g/mol. The van der Waals surface area contributed by atoms with Crippen LogP contribution in [0, 0.1) is 10.1 Å². The second-order valence-corrected chi connectivity index (χ2v) is 6.39. The van der Waals surface area contributed by atoms with Crippen LogP contribution >= 0.6 is 0 Å². The number of nitro groups is 1. The molecule has 0 N–H and O–H groups in total. The lowest BCUT2D eigenvalue weighted by Crippen LogP contribution is -2.44. The summed E-state index contributed by atoms with van der Waals surface area (Å²) in [4.78, 5) is 15.5. The van der Waals surface area contributed by atoms with Crippen LogP contribution in [0.25, 0.3) is 5.69 Å². The lowest BCUT2D eigenvalue weighted by atomic mass is 10.2. The van der Waals surface area contributed by atoms with Crippen molar-refractivity contribution in [3.8, 4) is 5.69 Å². The molecule has 0 spiro atoms. The minimum absolute atomic E-state index is 0.129. The zero-order valence-corrected chi connectivity index (χ0v) is 14.1. The molecule has 24 heavy (non-hydrogen) atoms. The molecule has 6 nitrogen and oxygen atoms in total. The van der Waals surface area contributed by atoms with Crippen molar-refractivity contribution in [3.05, 3.63) is 58.4 Å². The van der Waals surface area contributed by atoms with Gasteiger partial charge in [0.25, 0.3) is 5.69 Å². The van der Waals surface area contributed by atoms with Gasteiger partial charge in [0.05, 0.1) is 10.6 Å². The van der Waals surface area contributed by atoms with Gasteiger partial charge in [0, 0.05) is 50.2 Å². The maximum Gasteiger partial charge on any atom is 0.271 e. The van der Waals surface area contributed by atoms with E-state index in [2.05, 4.69) is 27.5 Å². The van der Waals surface area contributed by atoms with Crippen molar-refractivity contribution < 1.29 is 4.92 Å². The number of rotatable bonds is 6. The van der Waals surface area contributed by atoms with E-state index in [-0.39, 0.29) is 10.6 Å². The van der Waals surface area contributed by atoms with Crippen molar-refractivity contribution in [2.24, 2.45) is 0 Å². The largest absolute Gasteiger partial charge is 0.321 e. The first kappa shape index (κ1) is 16.7. The SMILES string of the molecule is CN1CCN(CCCc2cccn2-c2cccc([N+](=O)[O-])c2)CC1. The highest BCUT2D eigenvalue weighted by Crippen LogP contribution is 2.19. The van der Waals surface area contributed by atoms with Crippen molar-refractivity contribution in [1.29, 1.82) is 0 Å². The molecule has 0 amide bonds. The zero-order chi connectivity index (χ0) is 16.9. The van der Waals surface area contributed by atoms with E-state index in [1.54, 1.807) is 12.1 Å². The number of hydrogen-bond acceptors (Lipinski definition) is 4. The Bertz CT molecular complexity index is 690. The van der Waals surface area contributed by atoms with Crippen LogP contribution in [-0.4, -0.2) is 59.1 Å². The van der Waals surface area contributed by atoms with Crippen molar-refractivity contribution in [2.45, 2.75) is 12.8 Å².